The minimum absolute atomic E-state index is 0.112. The van der Waals surface area contributed by atoms with Crippen molar-refractivity contribution in [2.24, 2.45) is 11.8 Å². The van der Waals surface area contributed by atoms with Crippen molar-refractivity contribution in [3.8, 4) is 0 Å². The van der Waals surface area contributed by atoms with Crippen molar-refractivity contribution >= 4 is 23.7 Å². The van der Waals surface area contributed by atoms with Gasteiger partial charge in [0.25, 0.3) is 0 Å². The van der Waals surface area contributed by atoms with E-state index < -0.39 is 0 Å². The first-order valence-electron chi connectivity index (χ1n) is 7.16. The molecule has 2 aliphatic rings. The summed E-state index contributed by atoms with van der Waals surface area (Å²) in [6.45, 7) is 1.81. The van der Waals surface area contributed by atoms with Crippen molar-refractivity contribution in [1.29, 1.82) is 0 Å². The fourth-order valence-corrected chi connectivity index (χ4v) is 3.12. The maximum Gasteiger partial charge on any atom is 0.319 e. The zero-order valence-corrected chi connectivity index (χ0v) is 13.0. The number of thiol groups is 1. The third-order valence-electron chi connectivity index (χ3n) is 4.20. The minimum Gasteiger partial charge on any atom is -0.434 e. The van der Waals surface area contributed by atoms with Gasteiger partial charge in [-0.05, 0) is 16.7 Å². The highest BCUT2D eigenvalue weighted by atomic mass is 32.1. The highest BCUT2D eigenvalue weighted by Gasteiger charge is 2.39. The van der Waals surface area contributed by atoms with Gasteiger partial charge in [-0.1, -0.05) is 55.5 Å². The van der Waals surface area contributed by atoms with E-state index in [4.69, 9.17) is 4.74 Å². The van der Waals surface area contributed by atoms with Crippen LogP contribution >= 0.6 is 12.6 Å². The Labute approximate surface area is 134 Å². The number of fused-ring (bicyclic) bond motifs is 1. The highest BCUT2D eigenvalue weighted by molar-refractivity contribution is 7.96. The van der Waals surface area contributed by atoms with Crippen LogP contribution in [0.1, 0.15) is 18.4 Å². The molecule has 3 nitrogen and oxygen atoms in total. The van der Waals surface area contributed by atoms with Gasteiger partial charge in [0.1, 0.15) is 0 Å². The molecule has 1 aromatic carbocycles. The first-order chi connectivity index (χ1) is 10.6. The monoisotopic (exact) mass is 312 g/mol. The van der Waals surface area contributed by atoms with Crippen molar-refractivity contribution in [2.45, 2.75) is 12.8 Å². The summed E-state index contributed by atoms with van der Waals surface area (Å²) in [5, 5.41) is -0.200. The Hall–Kier alpha value is -2.07. The highest BCUT2D eigenvalue weighted by Crippen LogP contribution is 2.43. The van der Waals surface area contributed by atoms with E-state index in [-0.39, 0.29) is 28.8 Å². The lowest BCUT2D eigenvalue weighted by atomic mass is 9.73. The Kier molecular flexibility index (Phi) is 4.03. The van der Waals surface area contributed by atoms with Gasteiger partial charge < -0.3 is 4.74 Å². The largest absolute Gasteiger partial charge is 0.434 e. The molecule has 0 bridgehead atoms. The second kappa shape index (κ2) is 5.97. The van der Waals surface area contributed by atoms with E-state index in [1.807, 2.05) is 55.5 Å². The summed E-state index contributed by atoms with van der Waals surface area (Å²) in [4.78, 5) is 23.9. The fourth-order valence-electron chi connectivity index (χ4n) is 2.98. The molecule has 3 unspecified atom stereocenters. The molecule has 0 radical (unpaired) electrons. The molecule has 112 valence electrons. The van der Waals surface area contributed by atoms with Gasteiger partial charge in [-0.3, -0.25) is 9.59 Å². The zero-order chi connectivity index (χ0) is 15.7. The number of allylic oxidation sites excluding steroid dienone is 5. The molecule has 0 saturated heterocycles. The van der Waals surface area contributed by atoms with Crippen LogP contribution in [0.2, 0.25) is 0 Å². The molecule has 0 N–H and O–H groups in total. The van der Waals surface area contributed by atoms with Gasteiger partial charge in [-0.15, -0.1) is 12.6 Å². The van der Waals surface area contributed by atoms with E-state index in [9.17, 15) is 9.59 Å². The number of carbonyl (C=O) groups excluding carboxylic acids is 2. The number of carbonyl (C=O) groups is 2. The molecule has 0 saturated carbocycles. The number of esters is 1. The van der Waals surface area contributed by atoms with Crippen LogP contribution in [-0.2, 0) is 14.3 Å². The molecule has 3 rings (SSSR count). The smallest absolute Gasteiger partial charge is 0.319 e. The number of hydrogen-bond donors (Lipinski definition) is 1. The third-order valence-corrected chi connectivity index (χ3v) is 4.58. The van der Waals surface area contributed by atoms with Gasteiger partial charge >= 0.3 is 5.97 Å². The summed E-state index contributed by atoms with van der Waals surface area (Å²) in [5.74, 6) is -1.10. The summed E-state index contributed by atoms with van der Waals surface area (Å²) in [7, 11) is 0. The van der Waals surface area contributed by atoms with E-state index in [0.29, 0.717) is 0 Å². The molecule has 1 aromatic rings. The lowest BCUT2D eigenvalue weighted by Gasteiger charge is -2.33. The maximum atomic E-state index is 12.3. The molecule has 4 heteroatoms. The standard InChI is InChI=1S/C18H16O3S/c1-11(18(20)22)13-8-5-9-14-15(13)10-21-17(19)16(14)12-6-3-2-4-7-12/h2-11,14,16H,1H3,(H,20,22). The molecule has 0 aromatic heterocycles. The lowest BCUT2D eigenvalue weighted by molar-refractivity contribution is -0.141. The maximum absolute atomic E-state index is 12.3. The summed E-state index contributed by atoms with van der Waals surface area (Å²) < 4.78 is 5.26. The molecule has 0 amide bonds. The molecule has 22 heavy (non-hydrogen) atoms. The van der Waals surface area contributed by atoms with Crippen molar-refractivity contribution in [2.75, 3.05) is 0 Å². The summed E-state index contributed by atoms with van der Waals surface area (Å²) in [5.41, 5.74) is 2.66. The van der Waals surface area contributed by atoms with Crippen LogP contribution in [0, 0.1) is 11.8 Å². The van der Waals surface area contributed by atoms with Crippen molar-refractivity contribution in [1.82, 2.24) is 0 Å². The Morgan fingerprint density at radius 1 is 1.27 bits per heavy atom. The Morgan fingerprint density at radius 3 is 2.68 bits per heavy atom. The van der Waals surface area contributed by atoms with Gasteiger partial charge in [0.2, 0.25) is 0 Å². The van der Waals surface area contributed by atoms with E-state index >= 15 is 0 Å². The molecule has 3 atom stereocenters. The first-order valence-corrected chi connectivity index (χ1v) is 7.61. The number of benzene rings is 1. The summed E-state index contributed by atoms with van der Waals surface area (Å²) in [6.07, 6.45) is 7.26. The SMILES string of the molecule is CC(C(=O)S)C1=CC=CC2C1=COC(=O)C2c1ccccc1. The van der Waals surface area contributed by atoms with Crippen molar-refractivity contribution in [3.63, 3.8) is 0 Å². The molecular weight excluding hydrogens is 296 g/mol. The molecule has 1 aliphatic heterocycles. The summed E-state index contributed by atoms with van der Waals surface area (Å²) in [6, 6.07) is 9.58. The molecule has 1 aliphatic carbocycles. The third kappa shape index (κ3) is 2.55. The van der Waals surface area contributed by atoms with Crippen LogP contribution in [0.15, 0.2) is 66.0 Å². The van der Waals surface area contributed by atoms with Crippen LogP contribution in [-0.4, -0.2) is 11.1 Å². The number of cyclic esters (lactones) is 1. The van der Waals surface area contributed by atoms with Crippen LogP contribution < -0.4 is 0 Å². The normalized spacial score (nSPS) is 24.7. The van der Waals surface area contributed by atoms with Gasteiger partial charge in [-0.25, -0.2) is 0 Å². The Balaban J connectivity index is 2.01. The topological polar surface area (TPSA) is 43.4 Å². The fraction of sp³-hybridized carbons (Fsp3) is 0.222. The molecular formula is C18H16O3S. The predicted octanol–water partition coefficient (Wildman–Crippen LogP) is 3.42. The summed E-state index contributed by atoms with van der Waals surface area (Å²) >= 11 is 3.93. The molecule has 0 spiro atoms. The lowest BCUT2D eigenvalue weighted by Crippen LogP contribution is -2.30. The van der Waals surface area contributed by atoms with E-state index in [1.54, 1.807) is 0 Å². The van der Waals surface area contributed by atoms with Crippen LogP contribution in [0.4, 0.5) is 0 Å². The minimum atomic E-state index is -0.386. The van der Waals surface area contributed by atoms with Gasteiger partial charge in [-0.2, -0.15) is 0 Å². The van der Waals surface area contributed by atoms with Gasteiger partial charge in [0, 0.05) is 5.92 Å². The van der Waals surface area contributed by atoms with Crippen LogP contribution in [0.25, 0.3) is 0 Å². The van der Waals surface area contributed by atoms with Gasteiger partial charge in [0.05, 0.1) is 18.1 Å². The van der Waals surface area contributed by atoms with Crippen molar-refractivity contribution < 1.29 is 14.3 Å². The Morgan fingerprint density at radius 2 is 2.00 bits per heavy atom. The zero-order valence-electron chi connectivity index (χ0n) is 12.1. The first kappa shape index (κ1) is 14.9. The molecule has 1 heterocycles. The van der Waals surface area contributed by atoms with Gasteiger partial charge in [0.15, 0.2) is 5.12 Å². The van der Waals surface area contributed by atoms with E-state index in [0.717, 1.165) is 16.7 Å². The number of hydrogen-bond acceptors (Lipinski definition) is 3. The van der Waals surface area contributed by atoms with Crippen molar-refractivity contribution in [3.05, 3.63) is 71.5 Å². The number of rotatable bonds is 3. The second-order valence-electron chi connectivity index (χ2n) is 5.49. The van der Waals surface area contributed by atoms with E-state index in [2.05, 4.69) is 12.6 Å². The average Bonchev–Trinajstić information content (AvgIpc) is 2.54. The average molecular weight is 312 g/mol. The van der Waals surface area contributed by atoms with Crippen LogP contribution in [0.5, 0.6) is 0 Å². The predicted molar refractivity (Wildman–Crippen MR) is 87.2 cm³/mol. The quantitative estimate of drug-likeness (QED) is 0.687. The van der Waals surface area contributed by atoms with Crippen LogP contribution in [0.3, 0.4) is 0 Å². The second-order valence-corrected chi connectivity index (χ2v) is 5.93. The molecule has 0 fully saturated rings. The Bertz CT molecular complexity index is 700. The van der Waals surface area contributed by atoms with E-state index in [1.165, 1.54) is 6.26 Å². The number of ether oxygens (including phenoxy) is 1.